The van der Waals surface area contributed by atoms with Gasteiger partial charge in [-0.1, -0.05) is 49.4 Å². The molecule has 5 heteroatoms. The number of benzene rings is 2. The summed E-state index contributed by atoms with van der Waals surface area (Å²) in [5, 5.41) is 12.6. The quantitative estimate of drug-likeness (QED) is 0.771. The molecule has 0 saturated carbocycles. The van der Waals surface area contributed by atoms with Crippen molar-refractivity contribution in [3.8, 4) is 0 Å². The van der Waals surface area contributed by atoms with E-state index < -0.39 is 9.84 Å². The fourth-order valence-corrected chi connectivity index (χ4v) is 3.32. The van der Waals surface area contributed by atoms with Gasteiger partial charge < -0.3 is 10.4 Å². The van der Waals surface area contributed by atoms with Crippen LogP contribution in [0.2, 0.25) is 0 Å². The number of aliphatic hydroxyl groups is 1. The van der Waals surface area contributed by atoms with Crippen LogP contribution >= 0.6 is 0 Å². The topological polar surface area (TPSA) is 66.4 Å². The third kappa shape index (κ3) is 5.16. The summed E-state index contributed by atoms with van der Waals surface area (Å²) in [4.78, 5) is 0.325. The zero-order chi connectivity index (χ0) is 17.6. The molecule has 2 aromatic carbocycles. The zero-order valence-electron chi connectivity index (χ0n) is 14.1. The molecule has 0 fully saturated rings. The lowest BCUT2D eigenvalue weighted by molar-refractivity contribution is 0.259. The molecule has 2 N–H and O–H groups in total. The van der Waals surface area contributed by atoms with E-state index in [-0.39, 0.29) is 12.6 Å². The molecule has 0 aliphatic carbocycles. The third-order valence-corrected chi connectivity index (χ3v) is 5.16. The molecule has 130 valence electrons. The van der Waals surface area contributed by atoms with Crippen molar-refractivity contribution in [2.24, 2.45) is 5.92 Å². The second-order valence-corrected chi connectivity index (χ2v) is 8.23. The van der Waals surface area contributed by atoms with Crippen LogP contribution < -0.4 is 5.32 Å². The smallest absolute Gasteiger partial charge is 0.175 e. The number of aliphatic hydroxyl groups excluding tert-OH is 1. The van der Waals surface area contributed by atoms with Gasteiger partial charge in [0, 0.05) is 12.9 Å². The van der Waals surface area contributed by atoms with E-state index in [1.807, 2.05) is 36.4 Å². The van der Waals surface area contributed by atoms with E-state index in [1.54, 1.807) is 18.2 Å². The number of nitrogens with one attached hydrogen (secondary N) is 1. The van der Waals surface area contributed by atoms with Gasteiger partial charge in [0.25, 0.3) is 0 Å². The molecule has 0 aromatic heterocycles. The highest BCUT2D eigenvalue weighted by Gasteiger charge is 2.17. The van der Waals surface area contributed by atoms with E-state index in [2.05, 4.69) is 12.2 Å². The number of rotatable bonds is 8. The van der Waals surface area contributed by atoms with Gasteiger partial charge in [-0.25, -0.2) is 8.42 Å². The zero-order valence-corrected chi connectivity index (χ0v) is 15.0. The maximum absolute atomic E-state index is 11.8. The first-order valence-corrected chi connectivity index (χ1v) is 10.00. The lowest BCUT2D eigenvalue weighted by atomic mass is 9.97. The Morgan fingerprint density at radius 2 is 1.71 bits per heavy atom. The standard InChI is InChI=1S/C19H25NO3S/c1-15(11-12-21)14-20-19(16-7-4-3-5-8-16)17-9-6-10-18(13-17)24(2,22)23/h3-10,13,15,19-21H,11-12,14H2,1-2H3. The van der Waals surface area contributed by atoms with Crippen molar-refractivity contribution in [2.45, 2.75) is 24.3 Å². The van der Waals surface area contributed by atoms with Crippen LogP contribution in [0.5, 0.6) is 0 Å². The lowest BCUT2D eigenvalue weighted by Crippen LogP contribution is -2.27. The first-order valence-electron chi connectivity index (χ1n) is 8.11. The van der Waals surface area contributed by atoms with Crippen LogP contribution in [0.4, 0.5) is 0 Å². The van der Waals surface area contributed by atoms with Crippen molar-refractivity contribution in [3.05, 3.63) is 65.7 Å². The van der Waals surface area contributed by atoms with E-state index in [0.717, 1.165) is 24.1 Å². The lowest BCUT2D eigenvalue weighted by Gasteiger charge is -2.22. The predicted octanol–water partition coefficient (Wildman–Crippen LogP) is 2.79. The minimum atomic E-state index is -3.24. The Morgan fingerprint density at radius 1 is 1.04 bits per heavy atom. The van der Waals surface area contributed by atoms with Crippen LogP contribution in [0.1, 0.15) is 30.5 Å². The van der Waals surface area contributed by atoms with Gasteiger partial charge in [-0.2, -0.15) is 0 Å². The molecule has 2 unspecified atom stereocenters. The van der Waals surface area contributed by atoms with Crippen molar-refractivity contribution in [2.75, 3.05) is 19.4 Å². The monoisotopic (exact) mass is 347 g/mol. The summed E-state index contributed by atoms with van der Waals surface area (Å²) in [6.45, 7) is 2.99. The summed E-state index contributed by atoms with van der Waals surface area (Å²) in [6, 6.07) is 16.9. The molecular weight excluding hydrogens is 322 g/mol. The van der Waals surface area contributed by atoms with E-state index in [0.29, 0.717) is 10.8 Å². The molecule has 0 heterocycles. The minimum Gasteiger partial charge on any atom is -0.396 e. The van der Waals surface area contributed by atoms with Gasteiger partial charge in [0.2, 0.25) is 0 Å². The average molecular weight is 347 g/mol. The third-order valence-electron chi connectivity index (χ3n) is 4.04. The van der Waals surface area contributed by atoms with E-state index in [9.17, 15) is 8.42 Å². The van der Waals surface area contributed by atoms with Gasteiger partial charge in [0.05, 0.1) is 10.9 Å². The van der Waals surface area contributed by atoms with Crippen LogP contribution in [0.25, 0.3) is 0 Å². The summed E-state index contributed by atoms with van der Waals surface area (Å²) in [5.41, 5.74) is 2.00. The Bertz CT molecular complexity index is 744. The summed E-state index contributed by atoms with van der Waals surface area (Å²) < 4.78 is 23.7. The minimum absolute atomic E-state index is 0.0888. The number of hydrogen-bond acceptors (Lipinski definition) is 4. The fraction of sp³-hybridized carbons (Fsp3) is 0.368. The molecule has 2 aromatic rings. The van der Waals surface area contributed by atoms with Crippen LogP contribution in [-0.4, -0.2) is 32.9 Å². The van der Waals surface area contributed by atoms with Gasteiger partial charge in [-0.3, -0.25) is 0 Å². The summed E-state index contributed by atoms with van der Waals surface area (Å²) in [7, 11) is -3.24. The largest absolute Gasteiger partial charge is 0.396 e. The molecule has 2 atom stereocenters. The van der Waals surface area contributed by atoms with Crippen molar-refractivity contribution < 1.29 is 13.5 Å². The van der Waals surface area contributed by atoms with Crippen molar-refractivity contribution in [1.82, 2.24) is 5.32 Å². The fourth-order valence-electron chi connectivity index (χ4n) is 2.64. The molecule has 2 rings (SSSR count). The van der Waals surface area contributed by atoms with Gasteiger partial charge in [-0.15, -0.1) is 0 Å². The molecule has 24 heavy (non-hydrogen) atoms. The first-order chi connectivity index (χ1) is 11.4. The Morgan fingerprint density at radius 3 is 2.33 bits per heavy atom. The van der Waals surface area contributed by atoms with Crippen LogP contribution in [0.3, 0.4) is 0 Å². The van der Waals surface area contributed by atoms with Crippen LogP contribution in [0, 0.1) is 5.92 Å². The van der Waals surface area contributed by atoms with Gasteiger partial charge in [0.15, 0.2) is 9.84 Å². The maximum Gasteiger partial charge on any atom is 0.175 e. The number of sulfone groups is 1. The Labute approximate surface area is 144 Å². The van der Waals surface area contributed by atoms with Crippen molar-refractivity contribution in [3.63, 3.8) is 0 Å². The Hall–Kier alpha value is -1.69. The van der Waals surface area contributed by atoms with Crippen molar-refractivity contribution >= 4 is 9.84 Å². The summed E-state index contributed by atoms with van der Waals surface area (Å²) in [6.07, 6.45) is 1.96. The molecule has 0 amide bonds. The summed E-state index contributed by atoms with van der Waals surface area (Å²) >= 11 is 0. The van der Waals surface area contributed by atoms with E-state index in [4.69, 9.17) is 5.11 Å². The van der Waals surface area contributed by atoms with Crippen LogP contribution in [-0.2, 0) is 9.84 Å². The Kier molecular flexibility index (Phi) is 6.54. The van der Waals surface area contributed by atoms with Gasteiger partial charge >= 0.3 is 0 Å². The molecule has 0 bridgehead atoms. The van der Waals surface area contributed by atoms with Gasteiger partial charge in [0.1, 0.15) is 0 Å². The normalized spacial score (nSPS) is 14.3. The van der Waals surface area contributed by atoms with E-state index >= 15 is 0 Å². The maximum atomic E-state index is 11.8. The molecule has 0 spiro atoms. The van der Waals surface area contributed by atoms with E-state index in [1.165, 1.54) is 6.26 Å². The number of hydrogen-bond donors (Lipinski definition) is 2. The summed E-state index contributed by atoms with van der Waals surface area (Å²) in [5.74, 6) is 0.333. The van der Waals surface area contributed by atoms with Crippen molar-refractivity contribution in [1.29, 1.82) is 0 Å². The molecule has 0 saturated heterocycles. The average Bonchev–Trinajstić information content (AvgIpc) is 2.56. The predicted molar refractivity (Wildman–Crippen MR) is 96.7 cm³/mol. The molecule has 0 aliphatic rings. The highest BCUT2D eigenvalue weighted by atomic mass is 32.2. The molecular formula is C19H25NO3S. The molecule has 4 nitrogen and oxygen atoms in total. The molecule has 0 radical (unpaired) electrons. The molecule has 0 aliphatic heterocycles. The van der Waals surface area contributed by atoms with Crippen LogP contribution in [0.15, 0.2) is 59.5 Å². The first kappa shape index (κ1) is 18.6. The van der Waals surface area contributed by atoms with Gasteiger partial charge in [-0.05, 0) is 42.1 Å². The second-order valence-electron chi connectivity index (χ2n) is 6.21. The second kappa shape index (κ2) is 8.42. The highest BCUT2D eigenvalue weighted by molar-refractivity contribution is 7.90. The Balaban J connectivity index is 2.32. The SMILES string of the molecule is CC(CCO)CNC(c1ccccc1)c1cccc(S(C)(=O)=O)c1. The highest BCUT2D eigenvalue weighted by Crippen LogP contribution is 2.24.